The fourth-order valence-corrected chi connectivity index (χ4v) is 11.2. The lowest BCUT2D eigenvalue weighted by molar-refractivity contribution is -0.461. The molecule has 0 saturated carbocycles. The Labute approximate surface area is 381 Å². The smallest absolute Gasteiger partial charge is 0.460 e. The molecule has 1 N–H and O–H groups in total. The Morgan fingerprint density at radius 2 is 1.13 bits per heavy atom. The second-order valence-corrected chi connectivity index (χ2v) is 21.2. The van der Waals surface area contributed by atoms with Gasteiger partial charge in [-0.05, 0) is 79.4 Å². The van der Waals surface area contributed by atoms with Crippen LogP contribution in [0.4, 0.5) is 85.1 Å². The second-order valence-electron chi connectivity index (χ2n) is 16.2. The SMILES string of the molecule is CCOC(=O)/C(C)=C/C[C@@H](C)[C@H](OC(=O)Nc1ccc(OC)cc1)c1ccc(OCCO[Si](CCC(F)(F)C(F)(F)C(F)(F)C(F)(F)C(F)(F)C(F)(F)C(F)(F)C(F)(F)F)(C(C)C)C(C)C)cc1. The van der Waals surface area contributed by atoms with Crippen LogP contribution in [-0.4, -0.2) is 94.9 Å². The number of carbonyl (C=O) groups excluding carboxylic acids is 2. The van der Waals surface area contributed by atoms with Crippen LogP contribution in [0.25, 0.3) is 0 Å². The molecule has 68 heavy (non-hydrogen) atoms. The van der Waals surface area contributed by atoms with Gasteiger partial charge >= 0.3 is 59.7 Å². The van der Waals surface area contributed by atoms with Crippen LogP contribution in [-0.2, 0) is 18.7 Å². The van der Waals surface area contributed by atoms with Gasteiger partial charge in [0, 0.05) is 23.6 Å². The van der Waals surface area contributed by atoms with Crippen LogP contribution >= 0.6 is 0 Å². The van der Waals surface area contributed by atoms with E-state index in [-0.39, 0.29) is 18.8 Å². The van der Waals surface area contributed by atoms with Crippen molar-refractivity contribution in [3.05, 3.63) is 65.7 Å². The van der Waals surface area contributed by atoms with Crippen molar-refractivity contribution in [3.8, 4) is 11.5 Å². The summed E-state index contributed by atoms with van der Waals surface area (Å²) in [5.41, 5.74) is -0.700. The zero-order valence-corrected chi connectivity index (χ0v) is 38.5. The van der Waals surface area contributed by atoms with Crippen molar-refractivity contribution in [2.24, 2.45) is 5.92 Å². The van der Waals surface area contributed by atoms with Gasteiger partial charge in [-0.25, -0.2) is 9.59 Å². The lowest BCUT2D eigenvalue weighted by Gasteiger charge is -2.44. The van der Waals surface area contributed by atoms with E-state index in [4.69, 9.17) is 23.4 Å². The monoisotopic (exact) mass is 1030 g/mol. The standard InChI is InChI=1S/C42H50F17NO7Si/c1-9-64-33(61)27(7)11-10-26(6)32(67-34(62)60-29-14-18-30(63-8)19-15-29)28-12-16-31(17-13-28)65-21-22-66-68(24(2)3,25(4)5)23-20-35(43,44)36(45,46)37(47,48)38(49,50)39(51,52)40(53,54)41(55,56)42(57,58)59/h11-19,24-26,32H,9-10,20-23H2,1-8H3,(H,60,62)/b27-11+/t26-,32+/m1/s1. The summed E-state index contributed by atoms with van der Waals surface area (Å²) >= 11 is 0. The minimum Gasteiger partial charge on any atom is -0.497 e. The highest BCUT2D eigenvalue weighted by Crippen LogP contribution is 2.64. The number of carbonyl (C=O) groups is 2. The van der Waals surface area contributed by atoms with Crippen molar-refractivity contribution >= 4 is 26.1 Å². The molecule has 0 heterocycles. The lowest BCUT2D eigenvalue weighted by Crippen LogP contribution is -2.74. The number of rotatable bonds is 25. The number of esters is 1. The number of anilines is 1. The summed E-state index contributed by atoms with van der Waals surface area (Å²) in [6, 6.07) is 10.8. The maximum Gasteiger partial charge on any atom is 0.460 e. The van der Waals surface area contributed by atoms with Gasteiger partial charge in [0.15, 0.2) is 8.32 Å². The van der Waals surface area contributed by atoms with Crippen LogP contribution in [0.2, 0.25) is 17.1 Å². The molecule has 2 atom stereocenters. The van der Waals surface area contributed by atoms with Crippen LogP contribution < -0.4 is 14.8 Å². The number of hydrogen-bond acceptors (Lipinski definition) is 7. The summed E-state index contributed by atoms with van der Waals surface area (Å²) in [6.45, 7) is 9.34. The second kappa shape index (κ2) is 22.1. The lowest BCUT2D eigenvalue weighted by atomic mass is 9.88. The normalized spacial score (nSPS) is 15.0. The molecule has 0 aliphatic carbocycles. The predicted molar refractivity (Wildman–Crippen MR) is 214 cm³/mol. The van der Waals surface area contributed by atoms with Crippen molar-refractivity contribution in [2.75, 3.05) is 32.2 Å². The molecule has 0 radical (unpaired) electrons. The number of benzene rings is 2. The zero-order chi connectivity index (χ0) is 52.7. The minimum atomic E-state index is -8.70. The fourth-order valence-electron chi connectivity index (χ4n) is 6.76. The maximum atomic E-state index is 15.0. The van der Waals surface area contributed by atoms with E-state index in [1.807, 2.05) is 0 Å². The molecule has 26 heteroatoms. The van der Waals surface area contributed by atoms with Crippen LogP contribution in [0.15, 0.2) is 60.2 Å². The summed E-state index contributed by atoms with van der Waals surface area (Å²) in [5.74, 6) is -57.2. The Morgan fingerprint density at radius 1 is 0.662 bits per heavy atom. The quantitative estimate of drug-likeness (QED) is 0.0348. The fraction of sp³-hybridized carbons (Fsp3) is 0.619. The van der Waals surface area contributed by atoms with Gasteiger partial charge in [0.2, 0.25) is 0 Å². The molecule has 388 valence electrons. The molecule has 2 aromatic carbocycles. The van der Waals surface area contributed by atoms with Crippen molar-refractivity contribution in [2.45, 2.75) is 132 Å². The van der Waals surface area contributed by atoms with Crippen molar-refractivity contribution in [3.63, 3.8) is 0 Å². The topological polar surface area (TPSA) is 92.3 Å². The number of ether oxygens (including phenoxy) is 4. The summed E-state index contributed by atoms with van der Waals surface area (Å²) < 4.78 is 264. The Bertz CT molecular complexity index is 1990. The first-order valence-electron chi connectivity index (χ1n) is 20.4. The summed E-state index contributed by atoms with van der Waals surface area (Å²) in [4.78, 5) is 25.2. The highest BCUT2D eigenvalue weighted by molar-refractivity contribution is 6.76. The third kappa shape index (κ3) is 12.3. The first-order valence-corrected chi connectivity index (χ1v) is 22.7. The molecular weight excluding hydrogens is 982 g/mol. The molecule has 0 unspecified atom stereocenters. The molecule has 0 spiro atoms. The largest absolute Gasteiger partial charge is 0.497 e. The van der Waals surface area contributed by atoms with E-state index >= 15 is 8.78 Å². The van der Waals surface area contributed by atoms with Crippen LogP contribution in [0.3, 0.4) is 0 Å². The van der Waals surface area contributed by atoms with E-state index in [1.165, 1.54) is 66.0 Å². The van der Waals surface area contributed by atoms with E-state index in [0.29, 0.717) is 22.6 Å². The van der Waals surface area contributed by atoms with E-state index in [9.17, 15) is 75.4 Å². The maximum absolute atomic E-state index is 15.0. The van der Waals surface area contributed by atoms with Gasteiger partial charge in [-0.3, -0.25) is 5.32 Å². The average molecular weight is 1030 g/mol. The number of hydrogen-bond donors (Lipinski definition) is 1. The molecule has 2 rings (SSSR count). The third-order valence-electron chi connectivity index (χ3n) is 11.0. The third-order valence-corrected chi connectivity index (χ3v) is 16.7. The highest BCUT2D eigenvalue weighted by atomic mass is 28.4. The number of allylic oxidation sites excluding steroid dienone is 1. The van der Waals surface area contributed by atoms with Crippen LogP contribution in [0, 0.1) is 5.92 Å². The van der Waals surface area contributed by atoms with E-state index in [2.05, 4.69) is 5.32 Å². The molecule has 0 aliphatic rings. The molecular formula is C42H50F17NO7Si. The highest BCUT2D eigenvalue weighted by Gasteiger charge is 2.95. The number of halogens is 17. The zero-order valence-electron chi connectivity index (χ0n) is 37.5. The van der Waals surface area contributed by atoms with Crippen LogP contribution in [0.1, 0.15) is 73.0 Å². The molecule has 0 bridgehead atoms. The predicted octanol–water partition coefficient (Wildman–Crippen LogP) is 14.1. The Kier molecular flexibility index (Phi) is 19.4. The summed E-state index contributed by atoms with van der Waals surface area (Å²) in [5, 5.41) is 2.59. The van der Waals surface area contributed by atoms with Gasteiger partial charge in [0.25, 0.3) is 0 Å². The summed E-state index contributed by atoms with van der Waals surface area (Å²) in [7, 11) is -2.57. The molecule has 0 fully saturated rings. The van der Waals surface area contributed by atoms with Gasteiger partial charge < -0.3 is 23.4 Å². The van der Waals surface area contributed by atoms with Gasteiger partial charge in [-0.15, -0.1) is 0 Å². The Hall–Kier alpha value is -4.49. The molecule has 1 amide bonds. The van der Waals surface area contributed by atoms with Crippen molar-refractivity contribution < 1.29 is 108 Å². The average Bonchev–Trinajstić information content (AvgIpc) is 3.23. The molecule has 8 nitrogen and oxygen atoms in total. The molecule has 0 aliphatic heterocycles. The number of methoxy groups -OCH3 is 1. The number of amides is 1. The summed E-state index contributed by atoms with van der Waals surface area (Å²) in [6.07, 6.45) is -10.4. The molecule has 0 saturated heterocycles. The first kappa shape index (κ1) is 59.6. The number of nitrogens with one attached hydrogen (secondary N) is 1. The van der Waals surface area contributed by atoms with E-state index < -0.39 is 117 Å². The van der Waals surface area contributed by atoms with Gasteiger partial charge in [0.05, 0.1) is 20.3 Å². The molecule has 2 aromatic rings. The van der Waals surface area contributed by atoms with E-state index in [1.54, 1.807) is 44.2 Å². The van der Waals surface area contributed by atoms with Gasteiger partial charge in [-0.1, -0.05) is 52.8 Å². The minimum absolute atomic E-state index is 0.121. The molecule has 0 aromatic heterocycles. The van der Waals surface area contributed by atoms with E-state index in [0.717, 1.165) is 0 Å². The van der Waals surface area contributed by atoms with Crippen molar-refractivity contribution in [1.82, 2.24) is 0 Å². The van der Waals surface area contributed by atoms with Crippen molar-refractivity contribution in [1.29, 1.82) is 0 Å². The Balaban J connectivity index is 2.32. The van der Waals surface area contributed by atoms with Crippen LogP contribution in [0.5, 0.6) is 11.5 Å². The number of alkyl halides is 17. The Morgan fingerprint density at radius 3 is 1.59 bits per heavy atom. The van der Waals surface area contributed by atoms with Gasteiger partial charge in [-0.2, -0.15) is 74.6 Å². The first-order chi connectivity index (χ1) is 30.9. The van der Waals surface area contributed by atoms with Gasteiger partial charge in [0.1, 0.15) is 24.2 Å².